The van der Waals surface area contributed by atoms with Gasteiger partial charge in [0.05, 0.1) is 17.9 Å². The molecule has 0 saturated carbocycles. The Labute approximate surface area is 111 Å². The van der Waals surface area contributed by atoms with Gasteiger partial charge in [0, 0.05) is 6.20 Å². The van der Waals surface area contributed by atoms with Gasteiger partial charge in [0.1, 0.15) is 23.6 Å². The lowest BCUT2D eigenvalue weighted by Gasteiger charge is -2.26. The smallest absolute Gasteiger partial charge is 0.145 e. The Morgan fingerprint density at radius 2 is 2.21 bits per heavy atom. The summed E-state index contributed by atoms with van der Waals surface area (Å²) < 4.78 is 5.91. The van der Waals surface area contributed by atoms with Gasteiger partial charge in [-0.3, -0.25) is 9.98 Å². The van der Waals surface area contributed by atoms with E-state index in [0.29, 0.717) is 6.61 Å². The van der Waals surface area contributed by atoms with Crippen molar-refractivity contribution < 1.29 is 4.74 Å². The average Bonchev–Trinajstić information content (AvgIpc) is 3.24. The lowest BCUT2D eigenvalue weighted by Crippen LogP contribution is -2.29. The van der Waals surface area contributed by atoms with Crippen molar-refractivity contribution in [2.24, 2.45) is 4.99 Å². The molecule has 0 amide bonds. The van der Waals surface area contributed by atoms with Crippen LogP contribution in [0.1, 0.15) is 5.69 Å². The highest BCUT2D eigenvalue weighted by molar-refractivity contribution is 5.81. The van der Waals surface area contributed by atoms with Crippen LogP contribution in [0.15, 0.2) is 47.6 Å². The van der Waals surface area contributed by atoms with E-state index in [-0.39, 0.29) is 5.54 Å². The van der Waals surface area contributed by atoms with Crippen LogP contribution in [0.3, 0.4) is 0 Å². The van der Waals surface area contributed by atoms with Crippen molar-refractivity contribution in [2.45, 2.75) is 5.54 Å². The molecule has 3 heterocycles. The van der Waals surface area contributed by atoms with Crippen molar-refractivity contribution in [1.82, 2.24) is 4.98 Å². The second kappa shape index (κ2) is 3.57. The lowest BCUT2D eigenvalue weighted by molar-refractivity contribution is 0.267. The van der Waals surface area contributed by atoms with Crippen molar-refractivity contribution in [3.8, 4) is 5.75 Å². The first-order valence-electron chi connectivity index (χ1n) is 6.27. The number of fused-ring (bicyclic) bond motifs is 3. The third-order valence-corrected chi connectivity index (χ3v) is 3.86. The number of ether oxygens (including phenoxy) is 1. The topological polar surface area (TPSA) is 37.5 Å². The van der Waals surface area contributed by atoms with Crippen LogP contribution in [-0.2, 0) is 5.54 Å². The summed E-state index contributed by atoms with van der Waals surface area (Å²) in [5.41, 5.74) is 2.85. The van der Waals surface area contributed by atoms with E-state index in [1.54, 1.807) is 0 Å². The van der Waals surface area contributed by atoms with Crippen LogP contribution in [0, 0.1) is 0 Å². The number of hydrogen-bond acceptors (Lipinski definition) is 4. The van der Waals surface area contributed by atoms with Gasteiger partial charge in [-0.1, -0.05) is 12.1 Å². The van der Waals surface area contributed by atoms with Crippen LogP contribution < -0.4 is 9.64 Å². The molecule has 0 spiro atoms. The van der Waals surface area contributed by atoms with E-state index in [0.717, 1.165) is 29.4 Å². The van der Waals surface area contributed by atoms with Gasteiger partial charge in [-0.2, -0.15) is 0 Å². The first kappa shape index (κ1) is 10.6. The maximum Gasteiger partial charge on any atom is 0.145 e. The van der Waals surface area contributed by atoms with E-state index in [1.165, 1.54) is 0 Å². The van der Waals surface area contributed by atoms with Gasteiger partial charge in [0.2, 0.25) is 0 Å². The molecule has 0 radical (unpaired) electrons. The van der Waals surface area contributed by atoms with Crippen LogP contribution in [0.2, 0.25) is 0 Å². The predicted molar refractivity (Wildman–Crippen MR) is 74.4 cm³/mol. The highest BCUT2D eigenvalue weighted by Gasteiger charge is 2.59. The summed E-state index contributed by atoms with van der Waals surface area (Å²) in [7, 11) is 0. The fourth-order valence-corrected chi connectivity index (χ4v) is 2.80. The van der Waals surface area contributed by atoms with E-state index < -0.39 is 0 Å². The van der Waals surface area contributed by atoms with Crippen molar-refractivity contribution >= 4 is 18.1 Å². The molecule has 1 atom stereocenters. The number of aliphatic imine (C=N–C) groups is 1. The van der Waals surface area contributed by atoms with Gasteiger partial charge < -0.3 is 9.64 Å². The highest BCUT2D eigenvalue weighted by Crippen LogP contribution is 2.55. The standard InChI is InChI=1S/C15H13N3O/c1-16-11-5-4-6-12-14(11)18-9-15(18,10-19-12)13-7-2-3-8-17-13/h2-8H,1,9-10H2. The summed E-state index contributed by atoms with van der Waals surface area (Å²) in [4.78, 5) is 10.9. The number of nitrogens with zero attached hydrogens (tertiary/aromatic N) is 3. The highest BCUT2D eigenvalue weighted by atomic mass is 16.5. The summed E-state index contributed by atoms with van der Waals surface area (Å²) in [5, 5.41) is 0. The number of hydrogen-bond donors (Lipinski definition) is 0. The Balaban J connectivity index is 1.83. The van der Waals surface area contributed by atoms with Crippen LogP contribution >= 0.6 is 0 Å². The SMILES string of the molecule is C=Nc1cccc2c1N1CC1(c1ccccn1)CO2. The van der Waals surface area contributed by atoms with Crippen molar-refractivity contribution in [1.29, 1.82) is 0 Å². The van der Waals surface area contributed by atoms with Gasteiger partial charge in [0.25, 0.3) is 0 Å². The molecular weight excluding hydrogens is 238 g/mol. The Bertz CT molecular complexity index is 656. The molecule has 1 saturated heterocycles. The zero-order chi connectivity index (χ0) is 12.9. The number of aromatic nitrogens is 1. The largest absolute Gasteiger partial charge is 0.488 e. The second-order valence-electron chi connectivity index (χ2n) is 4.90. The zero-order valence-corrected chi connectivity index (χ0v) is 10.4. The quantitative estimate of drug-likeness (QED) is 0.608. The molecule has 4 heteroatoms. The summed E-state index contributed by atoms with van der Waals surface area (Å²) in [6, 6.07) is 11.9. The molecule has 1 aromatic carbocycles. The minimum Gasteiger partial charge on any atom is -0.488 e. The molecule has 19 heavy (non-hydrogen) atoms. The number of pyridine rings is 1. The monoisotopic (exact) mass is 251 g/mol. The Morgan fingerprint density at radius 1 is 1.26 bits per heavy atom. The molecule has 1 fully saturated rings. The molecule has 94 valence electrons. The van der Waals surface area contributed by atoms with Gasteiger partial charge in [0.15, 0.2) is 0 Å². The second-order valence-corrected chi connectivity index (χ2v) is 4.90. The molecule has 2 aliphatic rings. The zero-order valence-electron chi connectivity index (χ0n) is 10.4. The third kappa shape index (κ3) is 1.34. The first-order chi connectivity index (χ1) is 9.35. The van der Waals surface area contributed by atoms with E-state index in [4.69, 9.17) is 4.74 Å². The van der Waals surface area contributed by atoms with Crippen LogP contribution in [0.5, 0.6) is 5.75 Å². The predicted octanol–water partition coefficient (Wildman–Crippen LogP) is 2.52. The molecule has 1 aromatic heterocycles. The summed E-state index contributed by atoms with van der Waals surface area (Å²) in [5.74, 6) is 0.883. The molecule has 2 aromatic rings. The van der Waals surface area contributed by atoms with E-state index in [9.17, 15) is 0 Å². The minimum atomic E-state index is -0.116. The van der Waals surface area contributed by atoms with Crippen LogP contribution in [0.4, 0.5) is 11.4 Å². The maximum absolute atomic E-state index is 5.91. The Hall–Kier alpha value is -2.36. The average molecular weight is 251 g/mol. The lowest BCUT2D eigenvalue weighted by atomic mass is 10.0. The molecule has 1 unspecified atom stereocenters. The van der Waals surface area contributed by atoms with Gasteiger partial charge >= 0.3 is 0 Å². The molecule has 0 N–H and O–H groups in total. The molecule has 0 bridgehead atoms. The fraction of sp³-hybridized carbons (Fsp3) is 0.200. The summed E-state index contributed by atoms with van der Waals surface area (Å²) >= 11 is 0. The van der Waals surface area contributed by atoms with Gasteiger partial charge in [-0.15, -0.1) is 0 Å². The molecule has 4 nitrogen and oxygen atoms in total. The van der Waals surface area contributed by atoms with E-state index >= 15 is 0 Å². The number of anilines is 1. The number of para-hydroxylation sites is 1. The minimum absolute atomic E-state index is 0.116. The Morgan fingerprint density at radius 3 is 3.00 bits per heavy atom. The summed E-state index contributed by atoms with van der Waals surface area (Å²) in [6.45, 7) is 5.20. The molecular formula is C15H13N3O. The third-order valence-electron chi connectivity index (χ3n) is 3.86. The van der Waals surface area contributed by atoms with Crippen molar-refractivity contribution in [3.05, 3.63) is 48.3 Å². The van der Waals surface area contributed by atoms with Crippen LogP contribution in [-0.4, -0.2) is 24.9 Å². The molecule has 0 aliphatic carbocycles. The fourth-order valence-electron chi connectivity index (χ4n) is 2.80. The molecule has 4 rings (SSSR count). The van der Waals surface area contributed by atoms with E-state index in [2.05, 4.69) is 27.7 Å². The van der Waals surface area contributed by atoms with Gasteiger partial charge in [-0.25, -0.2) is 0 Å². The van der Waals surface area contributed by atoms with E-state index in [1.807, 2.05) is 36.5 Å². The molecule has 2 aliphatic heterocycles. The number of rotatable bonds is 2. The van der Waals surface area contributed by atoms with Crippen molar-refractivity contribution in [2.75, 3.05) is 18.1 Å². The normalized spacial score (nSPS) is 23.1. The Kier molecular flexibility index (Phi) is 1.98. The maximum atomic E-state index is 5.91. The number of benzene rings is 1. The van der Waals surface area contributed by atoms with Crippen molar-refractivity contribution in [3.63, 3.8) is 0 Å². The first-order valence-corrected chi connectivity index (χ1v) is 6.27. The van der Waals surface area contributed by atoms with Gasteiger partial charge in [-0.05, 0) is 31.0 Å². The van der Waals surface area contributed by atoms with Crippen LogP contribution in [0.25, 0.3) is 0 Å². The summed E-state index contributed by atoms with van der Waals surface area (Å²) in [6.07, 6.45) is 1.83.